The number of aliphatic hydroxyl groups excluding tert-OH is 1. The van der Waals surface area contributed by atoms with Crippen molar-refractivity contribution in [1.29, 1.82) is 0 Å². The molecule has 1 nitrogen and oxygen atoms in total. The summed E-state index contributed by atoms with van der Waals surface area (Å²) in [5, 5.41) is 9.14. The van der Waals surface area contributed by atoms with Crippen LogP contribution in [0.3, 0.4) is 0 Å². The van der Waals surface area contributed by atoms with Gasteiger partial charge in [-0.1, -0.05) is 81.5 Å². The van der Waals surface area contributed by atoms with Gasteiger partial charge in [0.1, 0.15) is 0 Å². The monoisotopic (exact) mass is 260 g/mol. The minimum absolute atomic E-state index is 0.290. The van der Waals surface area contributed by atoms with Gasteiger partial charge in [-0.25, -0.2) is 0 Å². The second kappa shape index (κ2) is 10.8. The van der Waals surface area contributed by atoms with E-state index in [1.54, 1.807) is 0 Å². The summed E-state index contributed by atoms with van der Waals surface area (Å²) in [5.74, 6) is 0.520. The summed E-state index contributed by atoms with van der Waals surface area (Å²) < 4.78 is 0. The van der Waals surface area contributed by atoms with E-state index in [1.807, 2.05) is 6.07 Å². The number of hydrogen-bond acceptors (Lipinski definition) is 1. The summed E-state index contributed by atoms with van der Waals surface area (Å²) in [6.45, 7) is 2.54. The molecule has 106 valence electrons. The van der Waals surface area contributed by atoms with Crippen molar-refractivity contribution in [2.75, 3.05) is 6.61 Å². The quantitative estimate of drug-likeness (QED) is 0.583. The molecule has 0 aliphatic rings. The topological polar surface area (TPSA) is 20.2 Å². The average molecular weight is 260 g/mol. The van der Waals surface area contributed by atoms with Gasteiger partial charge >= 0.3 is 0 Å². The fourth-order valence-electron chi connectivity index (χ4n) is 2.32. The fraction of sp³-hybridized carbons (Fsp3) is 0.556. The maximum Gasteiger partial charge on any atom is 0.0436 e. The van der Waals surface area contributed by atoms with Crippen molar-refractivity contribution in [2.24, 2.45) is 5.92 Å². The first-order valence-corrected chi connectivity index (χ1v) is 7.71. The van der Waals surface area contributed by atoms with Crippen LogP contribution in [0.1, 0.15) is 57.4 Å². The van der Waals surface area contributed by atoms with Gasteiger partial charge in [0.2, 0.25) is 0 Å². The second-order valence-electron chi connectivity index (χ2n) is 5.25. The molecule has 0 heterocycles. The Bertz CT molecular complexity index is 329. The van der Waals surface area contributed by atoms with Crippen LogP contribution in [0, 0.1) is 5.92 Å². The van der Waals surface area contributed by atoms with Gasteiger partial charge < -0.3 is 5.11 Å². The predicted molar refractivity (Wildman–Crippen MR) is 84.0 cm³/mol. The predicted octanol–water partition coefficient (Wildman–Crippen LogP) is 5.06. The van der Waals surface area contributed by atoms with E-state index in [2.05, 4.69) is 43.3 Å². The molecule has 1 heteroatoms. The Hall–Kier alpha value is -1.08. The van der Waals surface area contributed by atoms with Crippen molar-refractivity contribution in [3.63, 3.8) is 0 Å². The molecule has 1 atom stereocenters. The number of benzene rings is 1. The molecule has 0 aliphatic heterocycles. The lowest BCUT2D eigenvalue weighted by Gasteiger charge is -2.11. The molecule has 0 spiro atoms. The van der Waals surface area contributed by atoms with Gasteiger partial charge in [0.05, 0.1) is 0 Å². The maximum atomic E-state index is 9.14. The van der Waals surface area contributed by atoms with Crippen molar-refractivity contribution >= 4 is 6.08 Å². The van der Waals surface area contributed by atoms with E-state index < -0.39 is 0 Å². The van der Waals surface area contributed by atoms with E-state index in [0.717, 1.165) is 6.42 Å². The highest BCUT2D eigenvalue weighted by atomic mass is 16.3. The molecule has 0 radical (unpaired) electrons. The van der Waals surface area contributed by atoms with Crippen LogP contribution in [0.15, 0.2) is 36.4 Å². The van der Waals surface area contributed by atoms with Crippen LogP contribution in [0.5, 0.6) is 0 Å². The Morgan fingerprint density at radius 3 is 2.42 bits per heavy atom. The molecule has 0 saturated heterocycles. The summed E-state index contributed by atoms with van der Waals surface area (Å²) in [7, 11) is 0. The lowest BCUT2D eigenvalue weighted by Crippen LogP contribution is -2.00. The second-order valence-corrected chi connectivity index (χ2v) is 5.25. The van der Waals surface area contributed by atoms with Gasteiger partial charge in [0, 0.05) is 6.61 Å². The Labute approximate surface area is 118 Å². The van der Waals surface area contributed by atoms with Gasteiger partial charge in [-0.05, 0) is 24.3 Å². The summed E-state index contributed by atoms with van der Waals surface area (Å²) in [4.78, 5) is 0. The molecule has 0 unspecified atom stereocenters. The number of unbranched alkanes of at least 4 members (excludes halogenated alkanes) is 4. The first-order valence-electron chi connectivity index (χ1n) is 7.71. The third kappa shape index (κ3) is 7.84. The zero-order valence-corrected chi connectivity index (χ0v) is 12.2. The molecule has 0 aromatic heterocycles. The SMILES string of the molecule is CCCCCCC[C@@H](/C=C/c1ccccc1)CCO. The zero-order valence-electron chi connectivity index (χ0n) is 12.2. The summed E-state index contributed by atoms with van der Waals surface area (Å²) in [5.41, 5.74) is 1.25. The highest BCUT2D eigenvalue weighted by Gasteiger charge is 2.03. The third-order valence-corrected chi connectivity index (χ3v) is 3.54. The molecular weight excluding hydrogens is 232 g/mol. The van der Waals surface area contributed by atoms with Crippen LogP contribution in [0.2, 0.25) is 0 Å². The van der Waals surface area contributed by atoms with E-state index in [9.17, 15) is 0 Å². The lowest BCUT2D eigenvalue weighted by atomic mass is 9.96. The normalized spacial score (nSPS) is 12.9. The van der Waals surface area contributed by atoms with E-state index in [4.69, 9.17) is 5.11 Å². The highest BCUT2D eigenvalue weighted by Crippen LogP contribution is 2.17. The molecule has 1 aromatic rings. The molecular formula is C18H28O. The number of hydrogen-bond donors (Lipinski definition) is 1. The maximum absolute atomic E-state index is 9.14. The standard InChI is InChI=1S/C18H28O/c1-2-3-4-5-7-12-18(15-16-19)14-13-17-10-8-6-9-11-17/h6,8-11,13-14,18-19H,2-5,7,12,15-16H2,1H3/b14-13+/t18-/m0/s1. The third-order valence-electron chi connectivity index (χ3n) is 3.54. The van der Waals surface area contributed by atoms with Gasteiger partial charge in [0.15, 0.2) is 0 Å². The minimum atomic E-state index is 0.290. The summed E-state index contributed by atoms with van der Waals surface area (Å²) >= 11 is 0. The largest absolute Gasteiger partial charge is 0.396 e. The first-order chi connectivity index (χ1) is 9.36. The first kappa shape index (κ1) is 16.0. The lowest BCUT2D eigenvalue weighted by molar-refractivity contribution is 0.265. The fourth-order valence-corrected chi connectivity index (χ4v) is 2.32. The van der Waals surface area contributed by atoms with Crippen LogP contribution in [-0.2, 0) is 0 Å². The Kier molecular flexibility index (Phi) is 9.09. The van der Waals surface area contributed by atoms with Crippen molar-refractivity contribution in [3.8, 4) is 0 Å². The molecule has 1 aromatic carbocycles. The summed E-state index contributed by atoms with van der Waals surface area (Å²) in [6.07, 6.45) is 13.2. The summed E-state index contributed by atoms with van der Waals surface area (Å²) in [6, 6.07) is 10.4. The van der Waals surface area contributed by atoms with E-state index in [1.165, 1.54) is 44.1 Å². The molecule has 0 bridgehead atoms. The Balaban J connectivity index is 2.33. The van der Waals surface area contributed by atoms with Crippen LogP contribution < -0.4 is 0 Å². The molecule has 1 rings (SSSR count). The van der Waals surface area contributed by atoms with Gasteiger partial charge in [-0.3, -0.25) is 0 Å². The van der Waals surface area contributed by atoms with Crippen LogP contribution in [0.4, 0.5) is 0 Å². The van der Waals surface area contributed by atoms with Crippen LogP contribution >= 0.6 is 0 Å². The Morgan fingerprint density at radius 1 is 1.00 bits per heavy atom. The van der Waals surface area contributed by atoms with Crippen LogP contribution in [-0.4, -0.2) is 11.7 Å². The molecule has 0 aliphatic carbocycles. The molecule has 0 amide bonds. The van der Waals surface area contributed by atoms with Gasteiger partial charge in [0.25, 0.3) is 0 Å². The van der Waals surface area contributed by atoms with E-state index >= 15 is 0 Å². The average Bonchev–Trinajstić information content (AvgIpc) is 2.45. The smallest absolute Gasteiger partial charge is 0.0436 e. The van der Waals surface area contributed by atoms with Crippen molar-refractivity contribution < 1.29 is 5.11 Å². The number of allylic oxidation sites excluding steroid dienone is 1. The van der Waals surface area contributed by atoms with Crippen molar-refractivity contribution in [3.05, 3.63) is 42.0 Å². The highest BCUT2D eigenvalue weighted by molar-refractivity contribution is 5.48. The van der Waals surface area contributed by atoms with Crippen LogP contribution in [0.25, 0.3) is 6.08 Å². The van der Waals surface area contributed by atoms with E-state index in [-0.39, 0.29) is 0 Å². The number of aliphatic hydroxyl groups is 1. The van der Waals surface area contributed by atoms with Gasteiger partial charge in [-0.2, -0.15) is 0 Å². The molecule has 1 N–H and O–H groups in total. The Morgan fingerprint density at radius 2 is 1.74 bits per heavy atom. The molecule has 19 heavy (non-hydrogen) atoms. The minimum Gasteiger partial charge on any atom is -0.396 e. The van der Waals surface area contributed by atoms with Crippen molar-refractivity contribution in [1.82, 2.24) is 0 Å². The zero-order chi connectivity index (χ0) is 13.8. The number of rotatable bonds is 10. The molecule has 0 saturated carbocycles. The van der Waals surface area contributed by atoms with Crippen molar-refractivity contribution in [2.45, 2.75) is 51.9 Å². The van der Waals surface area contributed by atoms with Gasteiger partial charge in [-0.15, -0.1) is 0 Å². The van der Waals surface area contributed by atoms with E-state index in [0.29, 0.717) is 12.5 Å². The molecule has 0 fully saturated rings.